The van der Waals surface area contributed by atoms with Crippen molar-refractivity contribution in [3.63, 3.8) is 0 Å². The summed E-state index contributed by atoms with van der Waals surface area (Å²) in [5.74, 6) is 0.103. The summed E-state index contributed by atoms with van der Waals surface area (Å²) in [5.41, 5.74) is 3.78. The molecule has 0 atom stereocenters. The van der Waals surface area contributed by atoms with Crippen LogP contribution in [0.15, 0.2) is 70.2 Å². The second-order valence-corrected chi connectivity index (χ2v) is 7.24. The highest BCUT2D eigenvalue weighted by Gasteiger charge is 2.14. The van der Waals surface area contributed by atoms with E-state index in [0.717, 1.165) is 16.2 Å². The highest BCUT2D eigenvalue weighted by molar-refractivity contribution is 6.08. The normalized spacial score (nSPS) is 11.1. The van der Waals surface area contributed by atoms with Gasteiger partial charge in [0.15, 0.2) is 23.9 Å². The van der Waals surface area contributed by atoms with Crippen LogP contribution in [-0.4, -0.2) is 37.9 Å². The molecule has 34 heavy (non-hydrogen) atoms. The Bertz CT molecular complexity index is 1360. The van der Waals surface area contributed by atoms with Gasteiger partial charge in [-0.15, -0.1) is 0 Å². The molecule has 0 saturated heterocycles. The van der Waals surface area contributed by atoms with Gasteiger partial charge in [0, 0.05) is 5.39 Å². The molecule has 0 saturated carbocycles. The average molecular weight is 460 g/mol. The molecule has 0 aliphatic carbocycles. The lowest BCUT2D eigenvalue weighted by Gasteiger charge is -2.12. The number of carbonyl (C=O) groups excluding carboxylic acids is 2. The third kappa shape index (κ3) is 5.17. The molecule has 0 radical (unpaired) electrons. The molecular formula is C26H24N2O6. The fourth-order valence-electron chi connectivity index (χ4n) is 3.46. The zero-order valence-corrected chi connectivity index (χ0v) is 18.9. The Labute approximate surface area is 196 Å². The molecule has 0 fully saturated rings. The number of amides is 1. The van der Waals surface area contributed by atoms with E-state index in [1.165, 1.54) is 6.21 Å². The maximum Gasteiger partial charge on any atom is 0.344 e. The van der Waals surface area contributed by atoms with Crippen molar-refractivity contribution in [3.8, 4) is 11.5 Å². The topological polar surface area (TPSA) is 99.4 Å². The number of fused-ring (bicyclic) bond motifs is 3. The van der Waals surface area contributed by atoms with Crippen molar-refractivity contribution in [2.75, 3.05) is 19.8 Å². The SMILES string of the molecule is CCOC(=O)COc1ccc(C=NNC(=O)c2cc3c(ccc4ccccc43)o2)cc1OCC. The van der Waals surface area contributed by atoms with Gasteiger partial charge in [-0.1, -0.05) is 30.3 Å². The quantitative estimate of drug-likeness (QED) is 0.221. The Hall–Kier alpha value is -4.33. The van der Waals surface area contributed by atoms with E-state index >= 15 is 0 Å². The maximum atomic E-state index is 12.6. The molecule has 8 heteroatoms. The minimum absolute atomic E-state index is 0.168. The molecule has 0 unspecified atom stereocenters. The number of furan rings is 1. The summed E-state index contributed by atoms with van der Waals surface area (Å²) in [6, 6.07) is 18.5. The van der Waals surface area contributed by atoms with Crippen molar-refractivity contribution in [3.05, 3.63) is 72.0 Å². The van der Waals surface area contributed by atoms with E-state index in [0.29, 0.717) is 29.3 Å². The minimum atomic E-state index is -0.462. The van der Waals surface area contributed by atoms with Gasteiger partial charge in [-0.05, 0) is 60.5 Å². The molecular weight excluding hydrogens is 436 g/mol. The second-order valence-electron chi connectivity index (χ2n) is 7.24. The van der Waals surface area contributed by atoms with Crippen molar-refractivity contribution in [2.24, 2.45) is 5.10 Å². The smallest absolute Gasteiger partial charge is 0.344 e. The van der Waals surface area contributed by atoms with Crippen LogP contribution in [0.25, 0.3) is 21.7 Å². The summed E-state index contributed by atoms with van der Waals surface area (Å²) in [4.78, 5) is 24.1. The number of rotatable bonds is 9. The van der Waals surface area contributed by atoms with Gasteiger partial charge in [0.05, 0.1) is 19.4 Å². The molecule has 0 aliphatic rings. The molecule has 8 nitrogen and oxygen atoms in total. The first-order valence-corrected chi connectivity index (χ1v) is 10.9. The van der Waals surface area contributed by atoms with E-state index in [-0.39, 0.29) is 19.0 Å². The third-order valence-corrected chi connectivity index (χ3v) is 4.95. The van der Waals surface area contributed by atoms with E-state index in [2.05, 4.69) is 10.5 Å². The number of carbonyl (C=O) groups is 2. The lowest BCUT2D eigenvalue weighted by Crippen LogP contribution is -2.16. The first-order chi connectivity index (χ1) is 16.6. The van der Waals surface area contributed by atoms with Gasteiger partial charge in [-0.3, -0.25) is 4.79 Å². The van der Waals surface area contributed by atoms with E-state index in [4.69, 9.17) is 18.6 Å². The van der Waals surface area contributed by atoms with Gasteiger partial charge in [0.1, 0.15) is 5.58 Å². The zero-order chi connectivity index (χ0) is 23.9. The van der Waals surface area contributed by atoms with Gasteiger partial charge in [0.25, 0.3) is 0 Å². The van der Waals surface area contributed by atoms with Gasteiger partial charge in [-0.2, -0.15) is 5.10 Å². The van der Waals surface area contributed by atoms with Crippen molar-refractivity contribution in [2.45, 2.75) is 13.8 Å². The Balaban J connectivity index is 1.45. The highest BCUT2D eigenvalue weighted by Crippen LogP contribution is 2.29. The third-order valence-electron chi connectivity index (χ3n) is 4.95. The van der Waals surface area contributed by atoms with Crippen LogP contribution in [0, 0.1) is 0 Å². The van der Waals surface area contributed by atoms with E-state index in [1.54, 1.807) is 31.2 Å². The predicted molar refractivity (Wildman–Crippen MR) is 129 cm³/mol. The molecule has 1 N–H and O–H groups in total. The summed E-state index contributed by atoms with van der Waals surface area (Å²) in [5, 5.41) is 6.98. The summed E-state index contributed by atoms with van der Waals surface area (Å²) < 4.78 is 21.7. The fraction of sp³-hybridized carbons (Fsp3) is 0.192. The predicted octanol–water partition coefficient (Wildman–Crippen LogP) is 4.69. The first-order valence-electron chi connectivity index (χ1n) is 10.9. The number of hydrogen-bond donors (Lipinski definition) is 1. The Morgan fingerprint density at radius 3 is 2.62 bits per heavy atom. The van der Waals surface area contributed by atoms with Gasteiger partial charge < -0.3 is 18.6 Å². The van der Waals surface area contributed by atoms with E-state index < -0.39 is 11.9 Å². The number of nitrogens with zero attached hydrogens (tertiary/aromatic N) is 1. The van der Waals surface area contributed by atoms with Crippen LogP contribution in [0.1, 0.15) is 30.0 Å². The van der Waals surface area contributed by atoms with Gasteiger partial charge >= 0.3 is 11.9 Å². The molecule has 4 rings (SSSR count). The summed E-state index contributed by atoms with van der Waals surface area (Å²) in [6.45, 7) is 4.05. The molecule has 1 heterocycles. The van der Waals surface area contributed by atoms with Crippen LogP contribution in [0.5, 0.6) is 11.5 Å². The van der Waals surface area contributed by atoms with Gasteiger partial charge in [0.2, 0.25) is 0 Å². The fourth-order valence-corrected chi connectivity index (χ4v) is 3.46. The van der Waals surface area contributed by atoms with Crippen molar-refractivity contribution in [1.82, 2.24) is 5.43 Å². The molecule has 1 aromatic heterocycles. The summed E-state index contributed by atoms with van der Waals surface area (Å²) >= 11 is 0. The molecule has 174 valence electrons. The van der Waals surface area contributed by atoms with Crippen LogP contribution in [0.3, 0.4) is 0 Å². The minimum Gasteiger partial charge on any atom is -0.490 e. The number of nitrogens with one attached hydrogen (secondary N) is 1. The second kappa shape index (κ2) is 10.5. The van der Waals surface area contributed by atoms with E-state index in [9.17, 15) is 9.59 Å². The Morgan fingerprint density at radius 1 is 0.941 bits per heavy atom. The lowest BCUT2D eigenvalue weighted by molar-refractivity contribution is -0.145. The van der Waals surface area contributed by atoms with Crippen LogP contribution < -0.4 is 14.9 Å². The number of benzene rings is 3. The van der Waals surface area contributed by atoms with Crippen LogP contribution in [-0.2, 0) is 9.53 Å². The standard InChI is InChI=1S/C26H24N2O6/c1-3-31-23-13-17(9-11-22(23)33-16-25(29)32-4-2)15-27-28-26(30)24-14-20-19-8-6-5-7-18(19)10-12-21(20)34-24/h5-15H,3-4,16H2,1-2H3,(H,28,30). The van der Waals surface area contributed by atoms with Crippen LogP contribution in [0.4, 0.5) is 0 Å². The maximum absolute atomic E-state index is 12.6. The molecule has 0 aliphatic heterocycles. The lowest BCUT2D eigenvalue weighted by atomic mass is 10.1. The Kier molecular flexibility index (Phi) is 7.07. The average Bonchev–Trinajstić information content (AvgIpc) is 3.29. The monoisotopic (exact) mass is 460 g/mol. The highest BCUT2D eigenvalue weighted by atomic mass is 16.6. The zero-order valence-electron chi connectivity index (χ0n) is 18.9. The van der Waals surface area contributed by atoms with Crippen molar-refractivity contribution < 1.29 is 28.2 Å². The molecule has 4 aromatic rings. The van der Waals surface area contributed by atoms with E-state index in [1.807, 2.05) is 43.3 Å². The number of hydrazone groups is 1. The molecule has 1 amide bonds. The van der Waals surface area contributed by atoms with Crippen molar-refractivity contribution >= 4 is 39.8 Å². The number of ether oxygens (including phenoxy) is 3. The molecule has 3 aromatic carbocycles. The largest absolute Gasteiger partial charge is 0.490 e. The molecule has 0 spiro atoms. The summed E-state index contributed by atoms with van der Waals surface area (Å²) in [6.07, 6.45) is 1.48. The van der Waals surface area contributed by atoms with Gasteiger partial charge in [-0.25, -0.2) is 10.2 Å². The summed E-state index contributed by atoms with van der Waals surface area (Å²) in [7, 11) is 0. The van der Waals surface area contributed by atoms with Crippen LogP contribution in [0.2, 0.25) is 0 Å². The molecule has 0 bridgehead atoms. The first kappa shape index (κ1) is 22.8. The number of esters is 1. The number of hydrogen-bond acceptors (Lipinski definition) is 7. The van der Waals surface area contributed by atoms with Crippen LogP contribution >= 0.6 is 0 Å². The van der Waals surface area contributed by atoms with Crippen molar-refractivity contribution in [1.29, 1.82) is 0 Å². The Morgan fingerprint density at radius 2 is 1.79 bits per heavy atom.